The van der Waals surface area contributed by atoms with Crippen molar-refractivity contribution in [2.24, 2.45) is 0 Å². The summed E-state index contributed by atoms with van der Waals surface area (Å²) in [4.78, 5) is 15.2. The first-order valence-corrected chi connectivity index (χ1v) is 18.9. The molecule has 258 valence electrons. The molecule has 0 spiro atoms. The quantitative estimate of drug-likeness (QED) is 0.182. The minimum Gasteiger partial charge on any atom is -0.456 e. The molecule has 9 aromatic carbocycles. The van der Waals surface area contributed by atoms with E-state index in [0.717, 1.165) is 49.7 Å². The Kier molecular flexibility index (Phi) is 5.83. The normalized spacial score (nSPS) is 12.3. The molecule has 0 N–H and O–H groups in total. The molecule has 13 rings (SSSR count). The summed E-state index contributed by atoms with van der Waals surface area (Å²) in [6.07, 6.45) is 0. The van der Waals surface area contributed by atoms with Crippen LogP contribution < -0.4 is 0 Å². The molecule has 5 heteroatoms. The molecule has 1 aliphatic carbocycles. The summed E-state index contributed by atoms with van der Waals surface area (Å²) in [6.45, 7) is 0. The molecule has 3 aromatic heterocycles. The van der Waals surface area contributed by atoms with E-state index in [4.69, 9.17) is 19.4 Å². The zero-order valence-electron chi connectivity index (χ0n) is 29.9. The number of fused-ring (bicyclic) bond motifs is 3. The van der Waals surface area contributed by atoms with Gasteiger partial charge in [-0.25, -0.2) is 15.0 Å². The summed E-state index contributed by atoms with van der Waals surface area (Å²) in [7, 11) is 0. The molecule has 0 unspecified atom stereocenters. The van der Waals surface area contributed by atoms with Gasteiger partial charge in [-0.3, -0.25) is 0 Å². The Hall–Kier alpha value is -7.63. The third-order valence-electron chi connectivity index (χ3n) is 11.7. The Morgan fingerprint density at radius 1 is 0.357 bits per heavy atom. The minimum absolute atomic E-state index is 0.638. The summed E-state index contributed by atoms with van der Waals surface area (Å²) in [5.74, 6) is 1.93. The van der Waals surface area contributed by atoms with Crippen LogP contribution in [0.15, 0.2) is 174 Å². The highest BCUT2D eigenvalue weighted by Crippen LogP contribution is 2.51. The van der Waals surface area contributed by atoms with E-state index in [9.17, 15) is 0 Å². The number of benzene rings is 9. The molecular weight excluding hydrogens is 685 g/mol. The van der Waals surface area contributed by atoms with Crippen molar-refractivity contribution >= 4 is 76.1 Å². The number of aromatic nitrogens is 4. The molecule has 0 saturated heterocycles. The van der Waals surface area contributed by atoms with Crippen molar-refractivity contribution in [1.82, 2.24) is 19.5 Å². The highest BCUT2D eigenvalue weighted by molar-refractivity contribution is 6.38. The van der Waals surface area contributed by atoms with Gasteiger partial charge in [-0.1, -0.05) is 127 Å². The lowest BCUT2D eigenvalue weighted by Crippen LogP contribution is -2.00. The molecule has 0 aliphatic heterocycles. The highest BCUT2D eigenvalue weighted by Gasteiger charge is 2.26. The first-order valence-electron chi connectivity index (χ1n) is 18.9. The van der Waals surface area contributed by atoms with Gasteiger partial charge in [0.2, 0.25) is 0 Å². The monoisotopic (exact) mass is 712 g/mol. The molecule has 1 aliphatic rings. The fourth-order valence-corrected chi connectivity index (χ4v) is 9.26. The van der Waals surface area contributed by atoms with Crippen LogP contribution in [0.4, 0.5) is 0 Å². The van der Waals surface area contributed by atoms with Crippen LogP contribution in [-0.4, -0.2) is 19.5 Å². The smallest absolute Gasteiger partial charge is 0.164 e. The van der Waals surface area contributed by atoms with Crippen LogP contribution >= 0.6 is 0 Å². The molecule has 0 atom stereocenters. The Balaban J connectivity index is 1.04. The maximum atomic E-state index is 6.47. The van der Waals surface area contributed by atoms with E-state index >= 15 is 0 Å². The van der Waals surface area contributed by atoms with Crippen molar-refractivity contribution in [1.29, 1.82) is 0 Å². The largest absolute Gasteiger partial charge is 0.456 e. The Bertz CT molecular complexity index is 3650. The predicted octanol–water partition coefficient (Wildman–Crippen LogP) is 13.3. The standard InChI is InChI=1S/C51H28N4O/c1-2-10-31(11-3-1)49-52-50(34-20-19-29-9-4-5-12-32(29)27-34)54-51(53-49)35-21-24-36-33(28-35)13-6-16-39(36)55-40-17-7-14-37-38-15-8-18-42-46(38)48-43(56-42)26-23-30-22-25-41(55)47(44(30)48)45(37)40/h1-28H. The SMILES string of the molecule is c1ccc(-c2nc(-c3ccc4ccccc4c3)nc(-c3ccc4c(-n5c6cccc7c6c6c8c(ccc9oc%10cccc-7c%10c98)ccc65)cccc4c3)n2)cc1. The van der Waals surface area contributed by atoms with Gasteiger partial charge in [-0.05, 0) is 75.1 Å². The van der Waals surface area contributed by atoms with Crippen LogP contribution in [-0.2, 0) is 0 Å². The van der Waals surface area contributed by atoms with Gasteiger partial charge in [-0.15, -0.1) is 0 Å². The third-order valence-corrected chi connectivity index (χ3v) is 11.7. The van der Waals surface area contributed by atoms with E-state index in [0.29, 0.717) is 17.5 Å². The van der Waals surface area contributed by atoms with Crippen LogP contribution in [0, 0.1) is 0 Å². The number of hydrogen-bond acceptors (Lipinski definition) is 4. The first kappa shape index (κ1) is 29.8. The van der Waals surface area contributed by atoms with Crippen LogP contribution in [0.25, 0.3) is 127 Å². The number of hydrogen-bond donors (Lipinski definition) is 0. The van der Waals surface area contributed by atoms with Crippen molar-refractivity contribution < 1.29 is 4.42 Å². The first-order chi connectivity index (χ1) is 27.7. The number of nitrogens with zero attached hydrogens (tertiary/aromatic N) is 4. The summed E-state index contributed by atoms with van der Waals surface area (Å²) in [6, 6.07) is 60.2. The zero-order chi connectivity index (χ0) is 36.5. The van der Waals surface area contributed by atoms with E-state index < -0.39 is 0 Å². The molecule has 56 heavy (non-hydrogen) atoms. The Morgan fingerprint density at radius 3 is 1.84 bits per heavy atom. The second-order valence-electron chi connectivity index (χ2n) is 14.8. The molecule has 0 fully saturated rings. The van der Waals surface area contributed by atoms with Crippen molar-refractivity contribution in [2.45, 2.75) is 0 Å². The molecule has 0 bridgehead atoms. The second-order valence-corrected chi connectivity index (χ2v) is 14.8. The van der Waals surface area contributed by atoms with Crippen molar-refractivity contribution in [2.75, 3.05) is 0 Å². The summed E-state index contributed by atoms with van der Waals surface area (Å²) in [5, 5.41) is 12.0. The van der Waals surface area contributed by atoms with Crippen LogP contribution in [0.3, 0.4) is 0 Å². The van der Waals surface area contributed by atoms with E-state index in [1.165, 1.54) is 59.9 Å². The third kappa shape index (κ3) is 4.06. The maximum absolute atomic E-state index is 6.47. The molecule has 5 nitrogen and oxygen atoms in total. The highest BCUT2D eigenvalue weighted by atomic mass is 16.3. The lowest BCUT2D eigenvalue weighted by atomic mass is 9.98. The van der Waals surface area contributed by atoms with Crippen LogP contribution in [0.2, 0.25) is 0 Å². The maximum Gasteiger partial charge on any atom is 0.164 e. The van der Waals surface area contributed by atoms with E-state index in [2.05, 4.69) is 144 Å². The number of rotatable bonds is 4. The minimum atomic E-state index is 0.638. The number of furan rings is 1. The lowest BCUT2D eigenvalue weighted by molar-refractivity contribution is 0.669. The summed E-state index contributed by atoms with van der Waals surface area (Å²) < 4.78 is 8.93. The van der Waals surface area contributed by atoms with Gasteiger partial charge in [-0.2, -0.15) is 0 Å². The van der Waals surface area contributed by atoms with E-state index in [1.54, 1.807) is 0 Å². The topological polar surface area (TPSA) is 56.7 Å². The predicted molar refractivity (Wildman–Crippen MR) is 229 cm³/mol. The average molecular weight is 713 g/mol. The average Bonchev–Trinajstić information content (AvgIpc) is 3.78. The fourth-order valence-electron chi connectivity index (χ4n) is 9.26. The second kappa shape index (κ2) is 11.0. The fraction of sp³-hybridized carbons (Fsp3) is 0. The molecule has 0 amide bonds. The van der Waals surface area contributed by atoms with Crippen LogP contribution in [0.5, 0.6) is 0 Å². The summed E-state index contributed by atoms with van der Waals surface area (Å²) in [5.41, 5.74) is 10.6. The van der Waals surface area contributed by atoms with Crippen molar-refractivity contribution in [3.63, 3.8) is 0 Å². The van der Waals surface area contributed by atoms with Gasteiger partial charge >= 0.3 is 0 Å². The van der Waals surface area contributed by atoms with Gasteiger partial charge in [0.15, 0.2) is 17.5 Å². The molecule has 3 heterocycles. The van der Waals surface area contributed by atoms with Gasteiger partial charge < -0.3 is 8.98 Å². The van der Waals surface area contributed by atoms with E-state index in [1.807, 2.05) is 30.3 Å². The molecule has 0 saturated carbocycles. The van der Waals surface area contributed by atoms with Gasteiger partial charge in [0, 0.05) is 49.0 Å². The zero-order valence-corrected chi connectivity index (χ0v) is 29.9. The van der Waals surface area contributed by atoms with E-state index in [-0.39, 0.29) is 0 Å². The Labute approximate surface area is 319 Å². The van der Waals surface area contributed by atoms with Crippen molar-refractivity contribution in [3.8, 4) is 51.0 Å². The Morgan fingerprint density at radius 2 is 0.982 bits per heavy atom. The van der Waals surface area contributed by atoms with Gasteiger partial charge in [0.25, 0.3) is 0 Å². The van der Waals surface area contributed by atoms with Gasteiger partial charge in [0.05, 0.1) is 16.7 Å². The molecule has 0 radical (unpaired) electrons. The molecular formula is C51H28N4O. The van der Waals surface area contributed by atoms with Crippen molar-refractivity contribution in [3.05, 3.63) is 170 Å². The van der Waals surface area contributed by atoms with Crippen LogP contribution in [0.1, 0.15) is 0 Å². The van der Waals surface area contributed by atoms with Gasteiger partial charge in [0.1, 0.15) is 11.2 Å². The molecule has 12 aromatic rings. The summed E-state index contributed by atoms with van der Waals surface area (Å²) >= 11 is 0. The lowest BCUT2D eigenvalue weighted by Gasteiger charge is -2.14.